The fourth-order valence-corrected chi connectivity index (χ4v) is 2.03. The van der Waals surface area contributed by atoms with Crippen molar-refractivity contribution in [2.75, 3.05) is 7.11 Å². The second kappa shape index (κ2) is 5.11. The number of rotatable bonds is 3. The van der Waals surface area contributed by atoms with Crippen molar-refractivity contribution in [3.63, 3.8) is 0 Å². The summed E-state index contributed by atoms with van der Waals surface area (Å²) in [5.74, 6) is 1.24. The third-order valence-electron chi connectivity index (χ3n) is 3.04. The molecule has 1 fully saturated rings. The van der Waals surface area contributed by atoms with Gasteiger partial charge in [-0.2, -0.15) is 0 Å². The lowest BCUT2D eigenvalue weighted by molar-refractivity contribution is 0.0523. The van der Waals surface area contributed by atoms with Gasteiger partial charge in [-0.05, 0) is 44.9 Å². The molecule has 0 bridgehead atoms. The van der Waals surface area contributed by atoms with E-state index in [-0.39, 0.29) is 12.1 Å². The molecule has 0 aliphatic heterocycles. The zero-order chi connectivity index (χ0) is 14.0. The Morgan fingerprint density at radius 2 is 1.89 bits per heavy atom. The van der Waals surface area contributed by atoms with Gasteiger partial charge in [0.2, 0.25) is 0 Å². The van der Waals surface area contributed by atoms with Crippen LogP contribution >= 0.6 is 0 Å². The number of ether oxygens (including phenoxy) is 2. The molecule has 1 aromatic rings. The van der Waals surface area contributed by atoms with E-state index < -0.39 is 5.60 Å². The molecule has 0 saturated heterocycles. The summed E-state index contributed by atoms with van der Waals surface area (Å²) in [5.41, 5.74) is 0.774. The molecule has 2 atom stereocenters. The molecule has 1 N–H and O–H groups in total. The first-order valence-electron chi connectivity index (χ1n) is 6.52. The van der Waals surface area contributed by atoms with Crippen molar-refractivity contribution in [2.45, 2.75) is 44.8 Å². The second-order valence-corrected chi connectivity index (χ2v) is 5.87. The van der Waals surface area contributed by atoms with Crippen LogP contribution in [0.4, 0.5) is 4.79 Å². The standard InChI is InChI=1S/C15H21NO3/c1-15(2,3)19-14(17)16-13-9-12(13)10-5-7-11(18-4)8-6-10/h5-8,12-13H,9H2,1-4H3,(H,16,17)/t12-,13+/m1/s1. The van der Waals surface area contributed by atoms with E-state index in [9.17, 15) is 4.79 Å². The van der Waals surface area contributed by atoms with Gasteiger partial charge in [0.1, 0.15) is 11.4 Å². The van der Waals surface area contributed by atoms with Crippen molar-refractivity contribution in [1.29, 1.82) is 0 Å². The van der Waals surface area contributed by atoms with Gasteiger partial charge in [-0.25, -0.2) is 4.79 Å². The van der Waals surface area contributed by atoms with E-state index in [1.165, 1.54) is 5.56 Å². The molecule has 0 unspecified atom stereocenters. The van der Waals surface area contributed by atoms with E-state index in [0.29, 0.717) is 5.92 Å². The van der Waals surface area contributed by atoms with Gasteiger partial charge >= 0.3 is 6.09 Å². The zero-order valence-corrected chi connectivity index (χ0v) is 11.9. The number of benzene rings is 1. The third-order valence-corrected chi connectivity index (χ3v) is 3.04. The van der Waals surface area contributed by atoms with Crippen LogP contribution in [-0.2, 0) is 4.74 Å². The highest BCUT2D eigenvalue weighted by atomic mass is 16.6. The lowest BCUT2D eigenvalue weighted by atomic mass is 10.1. The van der Waals surface area contributed by atoms with Crippen molar-refractivity contribution >= 4 is 6.09 Å². The van der Waals surface area contributed by atoms with Crippen molar-refractivity contribution < 1.29 is 14.3 Å². The molecule has 1 aliphatic carbocycles. The maximum Gasteiger partial charge on any atom is 0.407 e. The first-order chi connectivity index (χ1) is 8.89. The van der Waals surface area contributed by atoms with Crippen LogP contribution < -0.4 is 10.1 Å². The first kappa shape index (κ1) is 13.7. The van der Waals surface area contributed by atoms with Crippen LogP contribution in [0.25, 0.3) is 0 Å². The third kappa shape index (κ3) is 3.88. The Balaban J connectivity index is 1.85. The predicted octanol–water partition coefficient (Wildman–Crippen LogP) is 3.08. The first-order valence-corrected chi connectivity index (χ1v) is 6.52. The molecule has 1 aromatic carbocycles. The summed E-state index contributed by atoms with van der Waals surface area (Å²) in [7, 11) is 1.65. The van der Waals surface area contributed by atoms with E-state index in [1.54, 1.807) is 7.11 Å². The minimum absolute atomic E-state index is 0.184. The second-order valence-electron chi connectivity index (χ2n) is 5.87. The number of alkyl carbamates (subject to hydrolysis) is 1. The maximum atomic E-state index is 11.6. The Bertz CT molecular complexity index is 447. The summed E-state index contributed by atoms with van der Waals surface area (Å²) in [6.45, 7) is 5.58. The summed E-state index contributed by atoms with van der Waals surface area (Å²) in [4.78, 5) is 11.6. The molecule has 0 radical (unpaired) electrons. The lowest BCUT2D eigenvalue weighted by Gasteiger charge is -2.19. The topological polar surface area (TPSA) is 47.6 Å². The van der Waals surface area contributed by atoms with Crippen LogP contribution in [0.15, 0.2) is 24.3 Å². The Morgan fingerprint density at radius 1 is 1.26 bits per heavy atom. The van der Waals surface area contributed by atoms with Gasteiger partial charge in [-0.3, -0.25) is 0 Å². The van der Waals surface area contributed by atoms with Crippen LogP contribution in [-0.4, -0.2) is 24.8 Å². The van der Waals surface area contributed by atoms with E-state index >= 15 is 0 Å². The normalized spacial score (nSPS) is 21.7. The average molecular weight is 263 g/mol. The highest BCUT2D eigenvalue weighted by Crippen LogP contribution is 2.41. The van der Waals surface area contributed by atoms with Crippen LogP contribution in [0, 0.1) is 0 Å². The monoisotopic (exact) mass is 263 g/mol. The molecule has 19 heavy (non-hydrogen) atoms. The summed E-state index contributed by atoms with van der Waals surface area (Å²) < 4.78 is 10.4. The van der Waals surface area contributed by atoms with Gasteiger partial charge in [-0.15, -0.1) is 0 Å². The molecule has 0 heterocycles. The smallest absolute Gasteiger partial charge is 0.407 e. The lowest BCUT2D eigenvalue weighted by Crippen LogP contribution is -2.34. The number of carbonyl (C=O) groups is 1. The van der Waals surface area contributed by atoms with E-state index in [2.05, 4.69) is 5.32 Å². The highest BCUT2D eigenvalue weighted by Gasteiger charge is 2.40. The molecule has 104 valence electrons. The minimum Gasteiger partial charge on any atom is -0.497 e. The Labute approximate surface area is 114 Å². The summed E-state index contributed by atoms with van der Waals surface area (Å²) >= 11 is 0. The fourth-order valence-electron chi connectivity index (χ4n) is 2.03. The quantitative estimate of drug-likeness (QED) is 0.911. The van der Waals surface area contributed by atoms with Crippen LogP contribution in [0.1, 0.15) is 38.7 Å². The molecule has 2 rings (SSSR count). The molecule has 1 saturated carbocycles. The number of carbonyl (C=O) groups excluding carboxylic acids is 1. The minimum atomic E-state index is -0.450. The van der Waals surface area contributed by atoms with Crippen molar-refractivity contribution in [2.24, 2.45) is 0 Å². The zero-order valence-electron chi connectivity index (χ0n) is 11.9. The van der Waals surface area contributed by atoms with Crippen LogP contribution in [0.3, 0.4) is 0 Å². The van der Waals surface area contributed by atoms with Crippen molar-refractivity contribution in [3.8, 4) is 5.75 Å². The molecule has 4 heteroatoms. The largest absolute Gasteiger partial charge is 0.497 e. The fraction of sp³-hybridized carbons (Fsp3) is 0.533. The van der Waals surface area contributed by atoms with Gasteiger partial charge in [0, 0.05) is 12.0 Å². The van der Waals surface area contributed by atoms with Gasteiger partial charge in [0.15, 0.2) is 0 Å². The Morgan fingerprint density at radius 3 is 2.42 bits per heavy atom. The SMILES string of the molecule is COc1ccc([C@H]2C[C@@H]2NC(=O)OC(C)(C)C)cc1. The Kier molecular flexibility index (Phi) is 3.69. The number of hydrogen-bond donors (Lipinski definition) is 1. The van der Waals surface area contributed by atoms with E-state index in [4.69, 9.17) is 9.47 Å². The molecule has 1 amide bonds. The summed E-state index contributed by atoms with van der Waals surface area (Å²) in [6.07, 6.45) is 0.625. The van der Waals surface area contributed by atoms with Crippen molar-refractivity contribution in [1.82, 2.24) is 5.32 Å². The predicted molar refractivity (Wildman–Crippen MR) is 73.5 cm³/mol. The number of hydrogen-bond acceptors (Lipinski definition) is 3. The van der Waals surface area contributed by atoms with Crippen molar-refractivity contribution in [3.05, 3.63) is 29.8 Å². The molecule has 0 spiro atoms. The number of amides is 1. The molecule has 1 aliphatic rings. The molecule has 4 nitrogen and oxygen atoms in total. The Hall–Kier alpha value is -1.71. The average Bonchev–Trinajstić information content (AvgIpc) is 3.06. The summed E-state index contributed by atoms with van der Waals surface area (Å²) in [5, 5.41) is 2.90. The number of methoxy groups -OCH3 is 1. The molecular formula is C15H21NO3. The maximum absolute atomic E-state index is 11.6. The van der Waals surface area contributed by atoms with E-state index in [0.717, 1.165) is 12.2 Å². The van der Waals surface area contributed by atoms with Gasteiger partial charge in [-0.1, -0.05) is 12.1 Å². The molecule has 0 aromatic heterocycles. The van der Waals surface area contributed by atoms with E-state index in [1.807, 2.05) is 45.0 Å². The van der Waals surface area contributed by atoms with Crippen LogP contribution in [0.2, 0.25) is 0 Å². The van der Waals surface area contributed by atoms with Gasteiger partial charge in [0.05, 0.1) is 7.11 Å². The number of nitrogens with one attached hydrogen (secondary N) is 1. The summed E-state index contributed by atoms with van der Waals surface area (Å²) in [6, 6.07) is 8.15. The van der Waals surface area contributed by atoms with Crippen LogP contribution in [0.5, 0.6) is 5.75 Å². The highest BCUT2D eigenvalue weighted by molar-refractivity contribution is 5.69. The molecular weight excluding hydrogens is 242 g/mol. The van der Waals surface area contributed by atoms with Gasteiger partial charge < -0.3 is 14.8 Å². The van der Waals surface area contributed by atoms with Gasteiger partial charge in [0.25, 0.3) is 0 Å².